The highest BCUT2D eigenvalue weighted by Gasteiger charge is 2.48. The van der Waals surface area contributed by atoms with Crippen LogP contribution in [0.4, 0.5) is 19.1 Å². The summed E-state index contributed by atoms with van der Waals surface area (Å²) in [6.45, 7) is 0.110. The highest BCUT2D eigenvalue weighted by Crippen LogP contribution is 2.45. The number of aromatic nitrogens is 4. The number of hydrogen-bond acceptors (Lipinski definition) is 7. The number of nitrogens with one attached hydrogen (secondary N) is 1. The number of anilines is 1. The van der Waals surface area contributed by atoms with E-state index in [0.29, 0.717) is 0 Å². The zero-order valence-corrected chi connectivity index (χ0v) is 16.0. The van der Waals surface area contributed by atoms with Crippen molar-refractivity contribution >= 4 is 11.9 Å². The summed E-state index contributed by atoms with van der Waals surface area (Å²) in [5, 5.41) is 20.7. The topological polar surface area (TPSA) is 127 Å². The second-order valence-corrected chi connectivity index (χ2v) is 7.32. The molecule has 4 rings (SSSR count). The molecule has 1 aliphatic carbocycles. The van der Waals surface area contributed by atoms with Crippen LogP contribution in [0.15, 0.2) is 36.7 Å². The first kappa shape index (κ1) is 20.5. The number of rotatable bonds is 6. The van der Waals surface area contributed by atoms with Crippen LogP contribution in [0.25, 0.3) is 11.3 Å². The minimum Gasteiger partial charge on any atom is -0.506 e. The van der Waals surface area contributed by atoms with Crippen LogP contribution in [-0.4, -0.2) is 43.9 Å². The number of amides is 1. The summed E-state index contributed by atoms with van der Waals surface area (Å²) in [5.41, 5.74) is 3.71. The third-order valence-electron chi connectivity index (χ3n) is 5.28. The van der Waals surface area contributed by atoms with Crippen molar-refractivity contribution in [1.29, 1.82) is 0 Å². The zero-order valence-electron chi connectivity index (χ0n) is 16.0. The molecule has 0 spiro atoms. The Hall–Kier alpha value is -3.76. The number of carbonyl (C=O) groups excluding carboxylic acids is 1. The summed E-state index contributed by atoms with van der Waals surface area (Å²) < 4.78 is 42.1. The summed E-state index contributed by atoms with van der Waals surface area (Å²) in [7, 11) is 0. The smallest absolute Gasteiger partial charge is 0.252 e. The molecule has 0 saturated heterocycles. The Morgan fingerprint density at radius 1 is 1.19 bits per heavy atom. The summed E-state index contributed by atoms with van der Waals surface area (Å²) >= 11 is 0. The van der Waals surface area contributed by atoms with Crippen LogP contribution in [0, 0.1) is 11.6 Å². The van der Waals surface area contributed by atoms with Crippen LogP contribution in [-0.2, 0) is 5.41 Å². The van der Waals surface area contributed by atoms with Gasteiger partial charge in [0.25, 0.3) is 5.91 Å². The summed E-state index contributed by atoms with van der Waals surface area (Å²) in [4.78, 5) is 19.5. The van der Waals surface area contributed by atoms with Gasteiger partial charge in [0.2, 0.25) is 5.95 Å². The van der Waals surface area contributed by atoms with Crippen molar-refractivity contribution in [3.8, 4) is 17.0 Å². The Labute approximate surface area is 174 Å². The lowest BCUT2D eigenvalue weighted by Crippen LogP contribution is -2.49. The number of carbonyl (C=O) groups is 1. The van der Waals surface area contributed by atoms with Gasteiger partial charge < -0.3 is 16.2 Å². The van der Waals surface area contributed by atoms with E-state index < -0.39 is 34.9 Å². The van der Waals surface area contributed by atoms with Crippen LogP contribution >= 0.6 is 0 Å². The van der Waals surface area contributed by atoms with Gasteiger partial charge in [-0.05, 0) is 37.1 Å². The van der Waals surface area contributed by atoms with Crippen molar-refractivity contribution in [2.45, 2.75) is 24.4 Å². The van der Waals surface area contributed by atoms with Gasteiger partial charge in [-0.2, -0.15) is 0 Å². The number of primary amides is 1. The molecule has 1 fully saturated rings. The molecule has 1 amide bonds. The quantitative estimate of drug-likeness (QED) is 0.548. The van der Waals surface area contributed by atoms with Crippen molar-refractivity contribution in [2.24, 2.45) is 5.73 Å². The lowest BCUT2D eigenvalue weighted by atomic mass is 9.65. The Morgan fingerprint density at radius 3 is 2.58 bits per heavy atom. The second-order valence-electron chi connectivity index (χ2n) is 7.32. The number of phenols is 1. The number of alkyl halides is 1. The van der Waals surface area contributed by atoms with Gasteiger partial charge in [0.15, 0.2) is 0 Å². The molecule has 11 heteroatoms. The molecule has 1 aromatic carbocycles. The number of aromatic hydroxyl groups is 1. The number of benzene rings is 1. The first-order valence-electron chi connectivity index (χ1n) is 9.31. The zero-order chi connectivity index (χ0) is 22.2. The van der Waals surface area contributed by atoms with E-state index in [0.717, 1.165) is 18.3 Å². The molecule has 0 aliphatic heterocycles. The van der Waals surface area contributed by atoms with Crippen molar-refractivity contribution in [1.82, 2.24) is 20.2 Å². The molecular weight excluding hydrogens is 413 g/mol. The average Bonchev–Trinajstić information content (AvgIpc) is 2.71. The number of nitrogens with zero attached hydrogens (tertiary/aromatic N) is 4. The van der Waals surface area contributed by atoms with E-state index in [-0.39, 0.29) is 47.8 Å². The summed E-state index contributed by atoms with van der Waals surface area (Å²) in [6.07, 6.45) is 1.72. The van der Waals surface area contributed by atoms with Gasteiger partial charge >= 0.3 is 0 Å². The number of nitrogens with two attached hydrogens (primary N) is 1. The lowest BCUT2D eigenvalue weighted by molar-refractivity contribution is 0.0963. The maximum atomic E-state index is 14.2. The maximum absolute atomic E-state index is 14.2. The predicted octanol–water partition coefficient (Wildman–Crippen LogP) is 2.50. The fourth-order valence-corrected chi connectivity index (χ4v) is 3.71. The number of pyridine rings is 1. The van der Waals surface area contributed by atoms with Gasteiger partial charge in [0.05, 0.1) is 23.0 Å². The molecule has 31 heavy (non-hydrogen) atoms. The van der Waals surface area contributed by atoms with Gasteiger partial charge in [-0.1, -0.05) is 0 Å². The Bertz CT molecular complexity index is 1140. The van der Waals surface area contributed by atoms with Crippen LogP contribution in [0.5, 0.6) is 5.75 Å². The van der Waals surface area contributed by atoms with E-state index in [1.54, 1.807) is 0 Å². The van der Waals surface area contributed by atoms with Crippen molar-refractivity contribution in [2.75, 3.05) is 11.9 Å². The first-order valence-corrected chi connectivity index (χ1v) is 9.31. The van der Waals surface area contributed by atoms with E-state index in [1.807, 2.05) is 0 Å². The highest BCUT2D eigenvalue weighted by atomic mass is 19.1. The van der Waals surface area contributed by atoms with Crippen LogP contribution < -0.4 is 11.1 Å². The van der Waals surface area contributed by atoms with Crippen molar-refractivity contribution in [3.63, 3.8) is 0 Å². The summed E-state index contributed by atoms with van der Waals surface area (Å²) in [6, 6.07) is 4.75. The molecule has 0 bridgehead atoms. The van der Waals surface area contributed by atoms with Gasteiger partial charge in [-0.15, -0.1) is 10.2 Å². The van der Waals surface area contributed by atoms with Crippen LogP contribution in [0.2, 0.25) is 0 Å². The monoisotopic (exact) mass is 430 g/mol. The molecule has 2 aromatic heterocycles. The van der Waals surface area contributed by atoms with Crippen molar-refractivity contribution in [3.05, 3.63) is 59.6 Å². The molecule has 2 heterocycles. The fourth-order valence-electron chi connectivity index (χ4n) is 3.71. The third kappa shape index (κ3) is 3.74. The molecule has 0 radical (unpaired) electrons. The number of hydrogen-bond donors (Lipinski definition) is 3. The first-order chi connectivity index (χ1) is 14.8. The van der Waals surface area contributed by atoms with Crippen LogP contribution in [0.1, 0.15) is 28.9 Å². The normalized spacial score (nSPS) is 20.2. The van der Waals surface area contributed by atoms with Crippen molar-refractivity contribution < 1.29 is 23.1 Å². The van der Waals surface area contributed by atoms with E-state index in [1.165, 1.54) is 18.3 Å². The summed E-state index contributed by atoms with van der Waals surface area (Å²) in [5.74, 6) is -2.93. The van der Waals surface area contributed by atoms with E-state index >= 15 is 0 Å². The standard InChI is InChI=1S/C20H17F3N6O2/c21-10-6-20(7-10,17-13(23)2-1-5-25-17)9-27-19-26-8-14(28-29-19)15-12(22)4-3-11(16(15)30)18(24)31/h1-5,8,10,30H,6-7,9H2,(H2,24,31)(H,26,27,29). The highest BCUT2D eigenvalue weighted by molar-refractivity contribution is 5.97. The molecule has 0 unspecified atom stereocenters. The minimum absolute atomic E-state index is 0.0349. The molecule has 4 N–H and O–H groups in total. The number of halogens is 3. The van der Waals surface area contributed by atoms with E-state index in [4.69, 9.17) is 5.73 Å². The van der Waals surface area contributed by atoms with Gasteiger partial charge in [0.1, 0.15) is 29.2 Å². The molecule has 8 nitrogen and oxygen atoms in total. The molecule has 3 aromatic rings. The molecule has 1 aliphatic rings. The van der Waals surface area contributed by atoms with Gasteiger partial charge in [-0.3, -0.25) is 9.78 Å². The molecular formula is C20H17F3N6O2. The van der Waals surface area contributed by atoms with E-state index in [2.05, 4.69) is 25.5 Å². The minimum atomic E-state index is -1.06. The Balaban J connectivity index is 1.55. The Morgan fingerprint density at radius 2 is 1.97 bits per heavy atom. The third-order valence-corrected chi connectivity index (χ3v) is 5.28. The van der Waals surface area contributed by atoms with Crippen LogP contribution in [0.3, 0.4) is 0 Å². The SMILES string of the molecule is NC(=O)c1ccc(F)c(-c2cnc(NCC3(c4ncccc4F)CC(F)C3)nn2)c1O. The average molecular weight is 430 g/mol. The second kappa shape index (κ2) is 7.82. The van der Waals surface area contributed by atoms with Gasteiger partial charge in [0, 0.05) is 18.2 Å². The molecule has 0 atom stereocenters. The maximum Gasteiger partial charge on any atom is 0.252 e. The fraction of sp³-hybridized carbons (Fsp3) is 0.250. The molecule has 160 valence electrons. The molecule has 1 saturated carbocycles. The largest absolute Gasteiger partial charge is 0.506 e. The Kier molecular flexibility index (Phi) is 5.17. The lowest BCUT2D eigenvalue weighted by Gasteiger charge is -2.43. The predicted molar refractivity (Wildman–Crippen MR) is 104 cm³/mol. The van der Waals surface area contributed by atoms with Gasteiger partial charge in [-0.25, -0.2) is 18.2 Å². The van der Waals surface area contributed by atoms with E-state index in [9.17, 15) is 23.1 Å².